The van der Waals surface area contributed by atoms with Gasteiger partial charge in [0.15, 0.2) is 0 Å². The molecule has 0 unspecified atom stereocenters. The fourth-order valence-electron chi connectivity index (χ4n) is 2.38. The van der Waals surface area contributed by atoms with Gasteiger partial charge in [0.2, 0.25) is 11.9 Å². The van der Waals surface area contributed by atoms with Gasteiger partial charge in [-0.25, -0.2) is 9.67 Å². The third-order valence-electron chi connectivity index (χ3n) is 3.72. The Kier molecular flexibility index (Phi) is 4.69. The Hall–Kier alpha value is -2.96. The molecular formula is C17H20N6O. The first-order valence-corrected chi connectivity index (χ1v) is 7.84. The summed E-state index contributed by atoms with van der Waals surface area (Å²) >= 11 is 0. The van der Waals surface area contributed by atoms with E-state index in [1.54, 1.807) is 15.7 Å². The third-order valence-corrected chi connectivity index (χ3v) is 3.72. The SMILES string of the molecule is Cc1ccn(CCC(=O)Nc2ncn(Cc3ccccc3C)n2)n1. The summed E-state index contributed by atoms with van der Waals surface area (Å²) in [6.07, 6.45) is 3.81. The highest BCUT2D eigenvalue weighted by Gasteiger charge is 2.08. The normalized spacial score (nSPS) is 10.8. The van der Waals surface area contributed by atoms with Crippen LogP contribution in [-0.4, -0.2) is 30.5 Å². The zero-order chi connectivity index (χ0) is 16.9. The van der Waals surface area contributed by atoms with E-state index in [2.05, 4.69) is 39.6 Å². The molecule has 24 heavy (non-hydrogen) atoms. The number of benzene rings is 1. The minimum Gasteiger partial charge on any atom is -0.293 e. The van der Waals surface area contributed by atoms with Crippen LogP contribution in [0.25, 0.3) is 0 Å². The lowest BCUT2D eigenvalue weighted by Crippen LogP contribution is -2.16. The number of aromatic nitrogens is 5. The van der Waals surface area contributed by atoms with Gasteiger partial charge in [-0.05, 0) is 31.0 Å². The summed E-state index contributed by atoms with van der Waals surface area (Å²) in [7, 11) is 0. The fraction of sp³-hybridized carbons (Fsp3) is 0.294. The molecule has 0 saturated carbocycles. The summed E-state index contributed by atoms with van der Waals surface area (Å²) in [6.45, 7) is 5.14. The van der Waals surface area contributed by atoms with Gasteiger partial charge in [-0.1, -0.05) is 24.3 Å². The highest BCUT2D eigenvalue weighted by Crippen LogP contribution is 2.09. The number of nitrogens with zero attached hydrogens (tertiary/aromatic N) is 5. The van der Waals surface area contributed by atoms with Crippen LogP contribution < -0.4 is 5.32 Å². The molecule has 0 aliphatic heterocycles. The van der Waals surface area contributed by atoms with E-state index in [9.17, 15) is 4.79 Å². The van der Waals surface area contributed by atoms with Crippen LogP contribution in [0.2, 0.25) is 0 Å². The van der Waals surface area contributed by atoms with Crippen molar-refractivity contribution in [3.8, 4) is 0 Å². The summed E-state index contributed by atoms with van der Waals surface area (Å²) in [5.41, 5.74) is 3.31. The van der Waals surface area contributed by atoms with E-state index in [-0.39, 0.29) is 5.91 Å². The standard InChI is InChI=1S/C17H20N6O/c1-13-5-3-4-6-15(13)11-23-12-18-17(21-23)19-16(24)8-10-22-9-7-14(2)20-22/h3-7,9,12H,8,10-11H2,1-2H3,(H,19,21,24). The van der Waals surface area contributed by atoms with Crippen LogP contribution in [0.1, 0.15) is 23.2 Å². The molecule has 0 saturated heterocycles. The molecule has 1 N–H and O–H groups in total. The van der Waals surface area contributed by atoms with Gasteiger partial charge in [-0.2, -0.15) is 5.10 Å². The van der Waals surface area contributed by atoms with Gasteiger partial charge in [0, 0.05) is 19.2 Å². The highest BCUT2D eigenvalue weighted by atomic mass is 16.1. The van der Waals surface area contributed by atoms with E-state index in [1.165, 1.54) is 11.1 Å². The third kappa shape index (κ3) is 4.07. The van der Waals surface area contributed by atoms with Crippen molar-refractivity contribution in [3.05, 3.63) is 59.7 Å². The molecule has 7 nitrogen and oxygen atoms in total. The average Bonchev–Trinajstić information content (AvgIpc) is 3.17. The van der Waals surface area contributed by atoms with Gasteiger partial charge in [0.25, 0.3) is 0 Å². The molecule has 0 aliphatic carbocycles. The van der Waals surface area contributed by atoms with Gasteiger partial charge in [-0.3, -0.25) is 14.8 Å². The number of anilines is 1. The number of carbonyl (C=O) groups is 1. The van der Waals surface area contributed by atoms with Crippen LogP contribution in [0.4, 0.5) is 5.95 Å². The van der Waals surface area contributed by atoms with Crippen molar-refractivity contribution in [2.45, 2.75) is 33.4 Å². The van der Waals surface area contributed by atoms with Crippen molar-refractivity contribution >= 4 is 11.9 Å². The quantitative estimate of drug-likeness (QED) is 0.754. The van der Waals surface area contributed by atoms with E-state index < -0.39 is 0 Å². The van der Waals surface area contributed by atoms with Crippen LogP contribution in [0.5, 0.6) is 0 Å². The van der Waals surface area contributed by atoms with Gasteiger partial charge in [0.05, 0.1) is 12.2 Å². The Morgan fingerprint density at radius 3 is 2.71 bits per heavy atom. The molecule has 0 fully saturated rings. The van der Waals surface area contributed by atoms with E-state index >= 15 is 0 Å². The Morgan fingerprint density at radius 1 is 1.12 bits per heavy atom. The Bertz CT molecular complexity index is 835. The number of rotatable bonds is 6. The first-order valence-electron chi connectivity index (χ1n) is 7.84. The maximum absolute atomic E-state index is 12.0. The summed E-state index contributed by atoms with van der Waals surface area (Å²) < 4.78 is 3.47. The van der Waals surface area contributed by atoms with Gasteiger partial charge in [0.1, 0.15) is 6.33 Å². The van der Waals surface area contributed by atoms with Crippen molar-refractivity contribution in [1.82, 2.24) is 24.5 Å². The van der Waals surface area contributed by atoms with Crippen molar-refractivity contribution in [3.63, 3.8) is 0 Å². The molecule has 0 atom stereocenters. The van der Waals surface area contributed by atoms with Crippen molar-refractivity contribution in [2.75, 3.05) is 5.32 Å². The lowest BCUT2D eigenvalue weighted by atomic mass is 10.1. The van der Waals surface area contributed by atoms with Gasteiger partial charge in [-0.15, -0.1) is 5.10 Å². The molecule has 3 aromatic rings. The maximum atomic E-state index is 12.0. The van der Waals surface area contributed by atoms with Gasteiger partial charge >= 0.3 is 0 Å². The fourth-order valence-corrected chi connectivity index (χ4v) is 2.38. The largest absolute Gasteiger partial charge is 0.293 e. The molecule has 3 rings (SSSR count). The first-order chi connectivity index (χ1) is 11.6. The number of hydrogen-bond acceptors (Lipinski definition) is 4. The molecule has 2 heterocycles. The van der Waals surface area contributed by atoms with Crippen LogP contribution in [0.3, 0.4) is 0 Å². The molecule has 7 heteroatoms. The van der Waals surface area contributed by atoms with Crippen molar-refractivity contribution in [2.24, 2.45) is 0 Å². The summed E-state index contributed by atoms with van der Waals surface area (Å²) in [5.74, 6) is 0.196. The second-order valence-electron chi connectivity index (χ2n) is 5.71. The number of amides is 1. The van der Waals surface area contributed by atoms with Crippen LogP contribution in [-0.2, 0) is 17.9 Å². The summed E-state index contributed by atoms with van der Waals surface area (Å²) in [5, 5.41) is 11.3. The van der Waals surface area contributed by atoms with Crippen LogP contribution in [0, 0.1) is 13.8 Å². The summed E-state index contributed by atoms with van der Waals surface area (Å²) in [6, 6.07) is 10.0. The molecule has 2 aromatic heterocycles. The second-order valence-corrected chi connectivity index (χ2v) is 5.71. The predicted octanol–water partition coefficient (Wildman–Crippen LogP) is 2.17. The molecule has 0 spiro atoms. The molecule has 1 amide bonds. The van der Waals surface area contributed by atoms with Gasteiger partial charge < -0.3 is 0 Å². The van der Waals surface area contributed by atoms with Crippen LogP contribution >= 0.6 is 0 Å². The topological polar surface area (TPSA) is 77.6 Å². The molecule has 0 bridgehead atoms. The Morgan fingerprint density at radius 2 is 1.96 bits per heavy atom. The highest BCUT2D eigenvalue weighted by molar-refractivity contribution is 5.88. The molecular weight excluding hydrogens is 304 g/mol. The van der Waals surface area contributed by atoms with E-state index in [0.717, 1.165) is 5.69 Å². The van der Waals surface area contributed by atoms with E-state index in [0.29, 0.717) is 25.5 Å². The lowest BCUT2D eigenvalue weighted by Gasteiger charge is -2.04. The second kappa shape index (κ2) is 7.08. The Balaban J connectivity index is 1.53. The zero-order valence-electron chi connectivity index (χ0n) is 13.8. The molecule has 124 valence electrons. The van der Waals surface area contributed by atoms with Crippen molar-refractivity contribution in [1.29, 1.82) is 0 Å². The van der Waals surface area contributed by atoms with Crippen LogP contribution in [0.15, 0.2) is 42.9 Å². The zero-order valence-corrected chi connectivity index (χ0v) is 13.8. The van der Waals surface area contributed by atoms with E-state index in [4.69, 9.17) is 0 Å². The summed E-state index contributed by atoms with van der Waals surface area (Å²) in [4.78, 5) is 16.1. The smallest absolute Gasteiger partial charge is 0.248 e. The van der Waals surface area contributed by atoms with E-state index in [1.807, 2.05) is 31.3 Å². The monoisotopic (exact) mass is 324 g/mol. The Labute approximate surface area is 140 Å². The molecule has 1 aromatic carbocycles. The molecule has 0 aliphatic rings. The molecule has 0 radical (unpaired) electrons. The van der Waals surface area contributed by atoms with Crippen molar-refractivity contribution < 1.29 is 4.79 Å². The lowest BCUT2D eigenvalue weighted by molar-refractivity contribution is -0.116. The number of aryl methyl sites for hydroxylation is 3. The number of nitrogens with one attached hydrogen (secondary N) is 1. The minimum absolute atomic E-state index is 0.128. The number of carbonyl (C=O) groups excluding carboxylic acids is 1. The predicted molar refractivity (Wildman–Crippen MR) is 90.5 cm³/mol. The average molecular weight is 324 g/mol. The number of hydrogen-bond donors (Lipinski definition) is 1. The first kappa shape index (κ1) is 15.9. The minimum atomic E-state index is -0.128. The maximum Gasteiger partial charge on any atom is 0.248 e.